The molecule has 2 aromatic rings. The van der Waals surface area contributed by atoms with E-state index >= 15 is 0 Å². The third-order valence-electron chi connectivity index (χ3n) is 4.67. The first-order valence-electron chi connectivity index (χ1n) is 8.02. The van der Waals surface area contributed by atoms with Crippen LogP contribution in [0.3, 0.4) is 0 Å². The van der Waals surface area contributed by atoms with Crippen molar-refractivity contribution in [2.24, 2.45) is 5.41 Å². The Balaban J connectivity index is 1.93. The standard InChI is InChI=1S/C21H21ClO/c1-21(2)12-11-18(14-23)20(13-21)17-5-3-15(4-6-17)16-7-9-19(22)10-8-16/h3-10,14H,11-13H2,1-2H3. The molecule has 0 saturated heterocycles. The highest BCUT2D eigenvalue weighted by Crippen LogP contribution is 2.42. The summed E-state index contributed by atoms with van der Waals surface area (Å²) in [7, 11) is 0. The minimum absolute atomic E-state index is 0.261. The van der Waals surface area contributed by atoms with E-state index in [1.54, 1.807) is 0 Å². The highest BCUT2D eigenvalue weighted by molar-refractivity contribution is 6.30. The van der Waals surface area contributed by atoms with Gasteiger partial charge < -0.3 is 0 Å². The first-order chi connectivity index (χ1) is 11.0. The fraction of sp³-hybridized carbons (Fsp3) is 0.286. The fourth-order valence-electron chi connectivity index (χ4n) is 3.23. The van der Waals surface area contributed by atoms with E-state index < -0.39 is 0 Å². The van der Waals surface area contributed by atoms with Crippen LogP contribution in [0.5, 0.6) is 0 Å². The van der Waals surface area contributed by atoms with Gasteiger partial charge in [-0.2, -0.15) is 0 Å². The molecule has 0 N–H and O–H groups in total. The van der Waals surface area contributed by atoms with E-state index in [0.29, 0.717) is 0 Å². The Morgan fingerprint density at radius 1 is 0.913 bits per heavy atom. The predicted molar refractivity (Wildman–Crippen MR) is 97.5 cm³/mol. The first-order valence-corrected chi connectivity index (χ1v) is 8.40. The van der Waals surface area contributed by atoms with Crippen molar-refractivity contribution in [1.82, 2.24) is 0 Å². The minimum Gasteiger partial charge on any atom is -0.298 e. The number of aldehydes is 1. The van der Waals surface area contributed by atoms with Gasteiger partial charge >= 0.3 is 0 Å². The zero-order valence-corrected chi connectivity index (χ0v) is 14.4. The average Bonchev–Trinajstić information content (AvgIpc) is 2.55. The number of carbonyl (C=O) groups excluding carboxylic acids is 1. The van der Waals surface area contributed by atoms with Crippen molar-refractivity contribution in [3.8, 4) is 11.1 Å². The van der Waals surface area contributed by atoms with Crippen LogP contribution in [0, 0.1) is 5.41 Å². The number of allylic oxidation sites excluding steroid dienone is 2. The number of carbonyl (C=O) groups is 1. The molecule has 0 unspecified atom stereocenters. The fourth-order valence-corrected chi connectivity index (χ4v) is 3.35. The minimum atomic E-state index is 0.261. The molecule has 1 nitrogen and oxygen atoms in total. The predicted octanol–water partition coefficient (Wildman–Crippen LogP) is 6.17. The monoisotopic (exact) mass is 324 g/mol. The second-order valence-electron chi connectivity index (χ2n) is 7.05. The first kappa shape index (κ1) is 16.0. The van der Waals surface area contributed by atoms with Crippen molar-refractivity contribution in [3.63, 3.8) is 0 Å². The summed E-state index contributed by atoms with van der Waals surface area (Å²) < 4.78 is 0. The van der Waals surface area contributed by atoms with Crippen molar-refractivity contribution in [2.45, 2.75) is 33.1 Å². The summed E-state index contributed by atoms with van der Waals surface area (Å²) in [4.78, 5) is 11.4. The van der Waals surface area contributed by atoms with Gasteiger partial charge in [0, 0.05) is 5.02 Å². The Morgan fingerprint density at radius 3 is 2.00 bits per heavy atom. The molecule has 0 atom stereocenters. The lowest BCUT2D eigenvalue weighted by atomic mass is 9.73. The highest BCUT2D eigenvalue weighted by Gasteiger charge is 2.27. The highest BCUT2D eigenvalue weighted by atomic mass is 35.5. The molecule has 0 saturated carbocycles. The van der Waals surface area contributed by atoms with E-state index in [1.807, 2.05) is 24.3 Å². The van der Waals surface area contributed by atoms with Crippen LogP contribution in [0.15, 0.2) is 54.1 Å². The Morgan fingerprint density at radius 2 is 1.43 bits per heavy atom. The van der Waals surface area contributed by atoms with E-state index in [0.717, 1.165) is 52.8 Å². The third kappa shape index (κ3) is 3.56. The lowest BCUT2D eigenvalue weighted by Gasteiger charge is -2.32. The average molecular weight is 325 g/mol. The van der Waals surface area contributed by atoms with E-state index in [4.69, 9.17) is 11.6 Å². The van der Waals surface area contributed by atoms with Gasteiger partial charge in [0.2, 0.25) is 0 Å². The third-order valence-corrected chi connectivity index (χ3v) is 4.92. The van der Waals surface area contributed by atoms with E-state index in [9.17, 15) is 4.79 Å². The summed E-state index contributed by atoms with van der Waals surface area (Å²) in [5.41, 5.74) is 5.90. The summed E-state index contributed by atoms with van der Waals surface area (Å²) in [5, 5.41) is 0.746. The molecule has 3 rings (SSSR count). The largest absolute Gasteiger partial charge is 0.298 e. The molecule has 0 aliphatic heterocycles. The Labute approximate surface area is 143 Å². The smallest absolute Gasteiger partial charge is 0.146 e. The van der Waals surface area contributed by atoms with Gasteiger partial charge in [-0.05, 0) is 64.6 Å². The van der Waals surface area contributed by atoms with Crippen LogP contribution >= 0.6 is 11.6 Å². The quantitative estimate of drug-likeness (QED) is 0.617. The van der Waals surface area contributed by atoms with Crippen LogP contribution in [0.25, 0.3) is 16.7 Å². The summed E-state index contributed by atoms with van der Waals surface area (Å²) in [5.74, 6) is 0. The van der Waals surface area contributed by atoms with Crippen LogP contribution in [-0.4, -0.2) is 6.29 Å². The van der Waals surface area contributed by atoms with E-state index in [-0.39, 0.29) is 5.41 Å². The summed E-state index contributed by atoms with van der Waals surface area (Å²) in [6.45, 7) is 4.55. The molecule has 0 heterocycles. The second-order valence-corrected chi connectivity index (χ2v) is 7.48. The molecule has 0 fully saturated rings. The molecule has 2 aromatic carbocycles. The van der Waals surface area contributed by atoms with Gasteiger partial charge in [0.05, 0.1) is 0 Å². The molecular formula is C21H21ClO. The molecule has 118 valence electrons. The van der Waals surface area contributed by atoms with Crippen LogP contribution < -0.4 is 0 Å². The zero-order chi connectivity index (χ0) is 16.4. The van der Waals surface area contributed by atoms with Gasteiger partial charge in [0.15, 0.2) is 0 Å². The number of rotatable bonds is 3. The van der Waals surface area contributed by atoms with Gasteiger partial charge in [-0.1, -0.05) is 61.8 Å². The van der Waals surface area contributed by atoms with Gasteiger partial charge in [-0.25, -0.2) is 0 Å². The van der Waals surface area contributed by atoms with Crippen LogP contribution in [0.1, 0.15) is 38.7 Å². The Bertz CT molecular complexity index is 736. The van der Waals surface area contributed by atoms with Crippen LogP contribution in [0.2, 0.25) is 5.02 Å². The van der Waals surface area contributed by atoms with Gasteiger partial charge in [-0.3, -0.25) is 4.79 Å². The van der Waals surface area contributed by atoms with Crippen LogP contribution in [-0.2, 0) is 4.79 Å². The molecule has 23 heavy (non-hydrogen) atoms. The molecule has 1 aliphatic rings. The Hall–Kier alpha value is -1.86. The van der Waals surface area contributed by atoms with Gasteiger partial charge in [0.25, 0.3) is 0 Å². The van der Waals surface area contributed by atoms with Crippen LogP contribution in [0.4, 0.5) is 0 Å². The van der Waals surface area contributed by atoms with Gasteiger partial charge in [0.1, 0.15) is 6.29 Å². The maximum absolute atomic E-state index is 11.4. The normalized spacial score (nSPS) is 17.2. The van der Waals surface area contributed by atoms with Crippen molar-refractivity contribution in [2.75, 3.05) is 0 Å². The number of halogens is 1. The molecule has 1 aliphatic carbocycles. The van der Waals surface area contributed by atoms with E-state index in [2.05, 4.69) is 38.1 Å². The molecule has 0 bridgehead atoms. The second kappa shape index (κ2) is 6.33. The molecule has 0 spiro atoms. The van der Waals surface area contributed by atoms with Crippen molar-refractivity contribution < 1.29 is 4.79 Å². The SMILES string of the molecule is CC1(C)CCC(C=O)=C(c2ccc(-c3ccc(Cl)cc3)cc2)C1. The topological polar surface area (TPSA) is 17.1 Å². The lowest BCUT2D eigenvalue weighted by Crippen LogP contribution is -2.18. The number of hydrogen-bond donors (Lipinski definition) is 0. The van der Waals surface area contributed by atoms with Crippen molar-refractivity contribution in [1.29, 1.82) is 0 Å². The molecule has 0 aromatic heterocycles. The Kier molecular flexibility index (Phi) is 4.41. The van der Waals surface area contributed by atoms with Gasteiger partial charge in [-0.15, -0.1) is 0 Å². The summed E-state index contributed by atoms with van der Waals surface area (Å²) in [6, 6.07) is 16.4. The zero-order valence-electron chi connectivity index (χ0n) is 13.6. The molecule has 2 heteroatoms. The van der Waals surface area contributed by atoms with Crippen molar-refractivity contribution >= 4 is 23.5 Å². The maximum atomic E-state index is 11.4. The lowest BCUT2D eigenvalue weighted by molar-refractivity contribution is -0.105. The number of benzene rings is 2. The molecule has 0 radical (unpaired) electrons. The maximum Gasteiger partial charge on any atom is 0.146 e. The molecular weight excluding hydrogens is 304 g/mol. The summed E-state index contributed by atoms with van der Waals surface area (Å²) in [6.07, 6.45) is 3.96. The summed E-state index contributed by atoms with van der Waals surface area (Å²) >= 11 is 5.95. The van der Waals surface area contributed by atoms with Crippen molar-refractivity contribution in [3.05, 3.63) is 64.7 Å². The molecule has 0 amide bonds. The number of hydrogen-bond acceptors (Lipinski definition) is 1. The van der Waals surface area contributed by atoms with E-state index in [1.165, 1.54) is 5.57 Å².